The summed E-state index contributed by atoms with van der Waals surface area (Å²) < 4.78 is 5.32. The molecule has 256 valence electrons. The lowest BCUT2D eigenvalue weighted by Gasteiger charge is -2.35. The minimum absolute atomic E-state index is 0.529. The van der Waals surface area contributed by atoms with E-state index in [1.54, 1.807) is 0 Å². The minimum atomic E-state index is -0.529. The molecule has 0 bridgehead atoms. The third kappa shape index (κ3) is 4.50. The van der Waals surface area contributed by atoms with Crippen molar-refractivity contribution in [2.24, 2.45) is 0 Å². The Kier molecular flexibility index (Phi) is 6.69. The van der Waals surface area contributed by atoms with Gasteiger partial charge in [0, 0.05) is 40.3 Å². The molecular formula is C53H32S2. The molecule has 0 saturated heterocycles. The molecule has 1 aliphatic carbocycles. The Morgan fingerprint density at radius 1 is 0.309 bits per heavy atom. The van der Waals surface area contributed by atoms with Crippen molar-refractivity contribution >= 4 is 73.8 Å². The van der Waals surface area contributed by atoms with E-state index in [1.807, 2.05) is 22.7 Å². The van der Waals surface area contributed by atoms with Gasteiger partial charge in [-0.1, -0.05) is 158 Å². The summed E-state index contributed by atoms with van der Waals surface area (Å²) >= 11 is 3.76. The normalized spacial score (nSPS) is 13.2. The fourth-order valence-corrected chi connectivity index (χ4v) is 11.8. The van der Waals surface area contributed by atoms with Crippen LogP contribution in [0, 0.1) is 0 Å². The van der Waals surface area contributed by atoms with Crippen molar-refractivity contribution in [3.8, 4) is 33.4 Å². The first-order chi connectivity index (χ1) is 27.2. The van der Waals surface area contributed by atoms with Crippen molar-refractivity contribution in [1.82, 2.24) is 0 Å². The maximum Gasteiger partial charge on any atom is 0.0719 e. The van der Waals surface area contributed by atoms with Gasteiger partial charge >= 0.3 is 0 Å². The Morgan fingerprint density at radius 3 is 1.38 bits per heavy atom. The molecule has 0 nitrogen and oxygen atoms in total. The van der Waals surface area contributed by atoms with E-state index in [2.05, 4.69) is 194 Å². The van der Waals surface area contributed by atoms with Gasteiger partial charge in [-0.3, -0.25) is 0 Å². The molecule has 55 heavy (non-hydrogen) atoms. The summed E-state index contributed by atoms with van der Waals surface area (Å²) in [5, 5.41) is 7.88. The first-order valence-electron chi connectivity index (χ1n) is 18.9. The molecule has 9 aromatic carbocycles. The number of fused-ring (bicyclic) bond motifs is 11. The standard InChI is InChI=1S/C53H32S2/c1-3-11-38(12-4-1)53(39-13-5-2-6-14-39)47-30-35(37-24-27-44-42-16-8-10-18-49(42)55-51(44)32-37)22-25-40(47)45-28-21-33-19-20-34(29-46(33)52(45)53)36-23-26-43-41-15-7-9-17-48(41)54-50(43)31-36/h1-32H. The van der Waals surface area contributed by atoms with Crippen LogP contribution in [0.5, 0.6) is 0 Å². The Balaban J connectivity index is 1.12. The molecule has 2 aromatic heterocycles. The zero-order valence-corrected chi connectivity index (χ0v) is 31.4. The maximum absolute atomic E-state index is 2.49. The quantitative estimate of drug-likeness (QED) is 0.169. The molecular weight excluding hydrogens is 701 g/mol. The zero-order chi connectivity index (χ0) is 36.1. The van der Waals surface area contributed by atoms with Crippen molar-refractivity contribution in [1.29, 1.82) is 0 Å². The largest absolute Gasteiger partial charge is 0.135 e. The number of rotatable bonds is 4. The predicted molar refractivity (Wildman–Crippen MR) is 238 cm³/mol. The van der Waals surface area contributed by atoms with Gasteiger partial charge in [0.2, 0.25) is 0 Å². The highest BCUT2D eigenvalue weighted by molar-refractivity contribution is 7.26. The fraction of sp³-hybridized carbons (Fsp3) is 0.0189. The molecule has 2 heterocycles. The van der Waals surface area contributed by atoms with Crippen LogP contribution in [0.4, 0.5) is 0 Å². The van der Waals surface area contributed by atoms with E-state index in [9.17, 15) is 0 Å². The Morgan fingerprint density at radius 2 is 0.764 bits per heavy atom. The molecule has 0 unspecified atom stereocenters. The van der Waals surface area contributed by atoms with E-state index in [0.717, 1.165) is 0 Å². The van der Waals surface area contributed by atoms with Crippen molar-refractivity contribution in [2.75, 3.05) is 0 Å². The van der Waals surface area contributed by atoms with E-state index in [-0.39, 0.29) is 0 Å². The number of hydrogen-bond acceptors (Lipinski definition) is 2. The van der Waals surface area contributed by atoms with Crippen LogP contribution >= 0.6 is 22.7 Å². The van der Waals surface area contributed by atoms with Crippen molar-refractivity contribution < 1.29 is 0 Å². The molecule has 0 aliphatic heterocycles. The third-order valence-corrected chi connectivity index (χ3v) is 14.2. The van der Waals surface area contributed by atoms with Gasteiger partial charge in [-0.2, -0.15) is 0 Å². The molecule has 0 radical (unpaired) electrons. The van der Waals surface area contributed by atoms with Crippen LogP contribution in [0.1, 0.15) is 22.3 Å². The van der Waals surface area contributed by atoms with Gasteiger partial charge in [0.05, 0.1) is 5.41 Å². The van der Waals surface area contributed by atoms with Gasteiger partial charge < -0.3 is 0 Å². The molecule has 0 saturated carbocycles. The van der Waals surface area contributed by atoms with Gasteiger partial charge in [0.1, 0.15) is 0 Å². The summed E-state index contributed by atoms with van der Waals surface area (Å²) in [4.78, 5) is 0. The summed E-state index contributed by atoms with van der Waals surface area (Å²) in [5.74, 6) is 0. The van der Waals surface area contributed by atoms with Crippen molar-refractivity contribution in [2.45, 2.75) is 5.41 Å². The van der Waals surface area contributed by atoms with Crippen LogP contribution in [-0.2, 0) is 5.41 Å². The number of hydrogen-bond donors (Lipinski definition) is 0. The van der Waals surface area contributed by atoms with E-state index >= 15 is 0 Å². The van der Waals surface area contributed by atoms with Gasteiger partial charge in [-0.05, 0) is 103 Å². The smallest absolute Gasteiger partial charge is 0.0719 e. The topological polar surface area (TPSA) is 0 Å². The number of benzene rings is 9. The van der Waals surface area contributed by atoms with Gasteiger partial charge in [0.25, 0.3) is 0 Å². The average molecular weight is 733 g/mol. The lowest BCUT2D eigenvalue weighted by Crippen LogP contribution is -2.28. The minimum Gasteiger partial charge on any atom is -0.135 e. The summed E-state index contributed by atoms with van der Waals surface area (Å²) in [7, 11) is 0. The highest BCUT2D eigenvalue weighted by Gasteiger charge is 2.47. The maximum atomic E-state index is 2.49. The van der Waals surface area contributed by atoms with E-state index in [0.29, 0.717) is 0 Å². The van der Waals surface area contributed by atoms with Crippen molar-refractivity contribution in [3.05, 3.63) is 216 Å². The van der Waals surface area contributed by atoms with Crippen LogP contribution in [0.15, 0.2) is 194 Å². The molecule has 2 heteroatoms. The second-order valence-corrected chi connectivity index (χ2v) is 17.0. The molecule has 0 amide bonds. The zero-order valence-electron chi connectivity index (χ0n) is 29.8. The number of thiophene rings is 2. The highest BCUT2D eigenvalue weighted by atomic mass is 32.1. The summed E-state index contributed by atoms with van der Waals surface area (Å²) in [5.41, 5.74) is 12.3. The monoisotopic (exact) mass is 732 g/mol. The lowest BCUT2D eigenvalue weighted by molar-refractivity contribution is 0.776. The fourth-order valence-electron chi connectivity index (χ4n) is 9.48. The molecule has 0 N–H and O–H groups in total. The van der Waals surface area contributed by atoms with Gasteiger partial charge in [-0.25, -0.2) is 0 Å². The molecule has 0 spiro atoms. The van der Waals surface area contributed by atoms with E-state index in [4.69, 9.17) is 0 Å². The second-order valence-electron chi connectivity index (χ2n) is 14.8. The summed E-state index contributed by atoms with van der Waals surface area (Å²) in [6, 6.07) is 73.0. The Labute approximate surface area is 327 Å². The Hall–Kier alpha value is -6.32. The molecule has 0 fully saturated rings. The molecule has 11 aromatic rings. The predicted octanol–water partition coefficient (Wildman–Crippen LogP) is 15.3. The van der Waals surface area contributed by atoms with Crippen LogP contribution in [0.25, 0.3) is 84.5 Å². The molecule has 1 aliphatic rings. The summed E-state index contributed by atoms with van der Waals surface area (Å²) in [6.45, 7) is 0. The van der Waals surface area contributed by atoms with Crippen molar-refractivity contribution in [3.63, 3.8) is 0 Å². The molecule has 0 atom stereocenters. The summed E-state index contributed by atoms with van der Waals surface area (Å²) in [6.07, 6.45) is 0. The van der Waals surface area contributed by atoms with Gasteiger partial charge in [0.15, 0.2) is 0 Å². The van der Waals surface area contributed by atoms with Gasteiger partial charge in [-0.15, -0.1) is 22.7 Å². The van der Waals surface area contributed by atoms with E-state index < -0.39 is 5.41 Å². The second kappa shape index (κ2) is 11.8. The average Bonchev–Trinajstić information content (AvgIpc) is 3.91. The van der Waals surface area contributed by atoms with Crippen LogP contribution in [0.3, 0.4) is 0 Å². The van der Waals surface area contributed by atoms with Crippen LogP contribution in [-0.4, -0.2) is 0 Å². The first-order valence-corrected chi connectivity index (χ1v) is 20.5. The SMILES string of the molecule is c1ccc(C2(c3ccccc3)c3cc(-c4ccc5c(c4)sc4ccccc45)ccc3-c3ccc4ccc(-c5ccc6c(c5)sc5ccccc56)cc4c32)cc1. The van der Waals surface area contributed by atoms with Crippen LogP contribution < -0.4 is 0 Å². The third-order valence-electron chi connectivity index (χ3n) is 11.9. The molecule has 12 rings (SSSR count). The lowest BCUT2D eigenvalue weighted by atomic mass is 9.66. The Bertz CT molecular complexity index is 3270. The first kappa shape index (κ1) is 31.1. The van der Waals surface area contributed by atoms with E-state index in [1.165, 1.54) is 107 Å². The van der Waals surface area contributed by atoms with Crippen LogP contribution in [0.2, 0.25) is 0 Å². The highest BCUT2D eigenvalue weighted by Crippen LogP contribution is 2.59.